The van der Waals surface area contributed by atoms with E-state index >= 15 is 0 Å². The number of rotatable bonds is 6. The highest BCUT2D eigenvalue weighted by Gasteiger charge is 2.34. The zero-order valence-corrected chi connectivity index (χ0v) is 20.5. The first kappa shape index (κ1) is 22.1. The van der Waals surface area contributed by atoms with E-state index in [4.69, 9.17) is 4.74 Å². The largest absolute Gasteiger partial charge is 0.373 e. The van der Waals surface area contributed by atoms with Crippen LogP contribution in [0.4, 0.5) is 0 Å². The maximum atomic E-state index is 13.5. The lowest BCUT2D eigenvalue weighted by molar-refractivity contribution is -0.123. The molecule has 6 nitrogen and oxygen atoms in total. The number of aryl methyl sites for hydroxylation is 1. The van der Waals surface area contributed by atoms with Crippen molar-refractivity contribution >= 4 is 22.7 Å². The van der Waals surface area contributed by atoms with Gasteiger partial charge in [-0.2, -0.15) is 0 Å². The van der Waals surface area contributed by atoms with Crippen molar-refractivity contribution in [3.63, 3.8) is 0 Å². The van der Waals surface area contributed by atoms with Crippen LogP contribution < -0.4 is 5.32 Å². The smallest absolute Gasteiger partial charge is 0.253 e. The highest BCUT2D eigenvalue weighted by atomic mass is 16.6. The molecule has 4 aliphatic rings. The van der Waals surface area contributed by atoms with Gasteiger partial charge in [-0.05, 0) is 87.0 Å². The Kier molecular flexibility index (Phi) is 5.67. The highest BCUT2D eigenvalue weighted by molar-refractivity contribution is 5.99. The van der Waals surface area contributed by atoms with Crippen LogP contribution in [0, 0.1) is 17.8 Å². The lowest BCUT2D eigenvalue weighted by Gasteiger charge is -2.33. The SMILES string of the molecule is CC(CC1CO1)C1CCc2c(c3cc(C(=O)N4CCCC(NC(=O)C5CC5)C4)ccc3n2C)C1. The Morgan fingerprint density at radius 3 is 2.79 bits per heavy atom. The number of benzene rings is 1. The molecule has 3 fully saturated rings. The number of nitrogens with one attached hydrogen (secondary N) is 1. The molecule has 0 radical (unpaired) electrons. The van der Waals surface area contributed by atoms with Crippen molar-refractivity contribution in [1.82, 2.24) is 14.8 Å². The van der Waals surface area contributed by atoms with Crippen LogP contribution in [-0.4, -0.2) is 53.1 Å². The molecule has 4 atom stereocenters. The van der Waals surface area contributed by atoms with E-state index in [-0.39, 0.29) is 23.8 Å². The summed E-state index contributed by atoms with van der Waals surface area (Å²) in [5.74, 6) is 1.82. The van der Waals surface area contributed by atoms with Gasteiger partial charge in [-0.25, -0.2) is 0 Å². The van der Waals surface area contributed by atoms with Crippen molar-refractivity contribution < 1.29 is 14.3 Å². The minimum absolute atomic E-state index is 0.0803. The van der Waals surface area contributed by atoms with Crippen molar-refractivity contribution in [1.29, 1.82) is 0 Å². The molecule has 1 saturated carbocycles. The van der Waals surface area contributed by atoms with Crippen LogP contribution >= 0.6 is 0 Å². The number of carbonyl (C=O) groups is 2. The lowest BCUT2D eigenvalue weighted by Crippen LogP contribution is -2.50. The molecule has 2 amide bonds. The van der Waals surface area contributed by atoms with Gasteiger partial charge < -0.3 is 19.5 Å². The first-order chi connectivity index (χ1) is 16.5. The van der Waals surface area contributed by atoms with Crippen molar-refractivity contribution in [2.75, 3.05) is 19.7 Å². The van der Waals surface area contributed by atoms with E-state index in [1.807, 2.05) is 11.0 Å². The maximum Gasteiger partial charge on any atom is 0.253 e. The number of fused-ring (bicyclic) bond motifs is 3. The number of piperidine rings is 1. The second-order valence-corrected chi connectivity index (χ2v) is 11.3. The number of ether oxygens (including phenoxy) is 1. The van der Waals surface area contributed by atoms with Crippen LogP contribution in [0.2, 0.25) is 0 Å². The summed E-state index contributed by atoms with van der Waals surface area (Å²) in [6, 6.07) is 6.34. The number of amides is 2. The first-order valence-electron chi connectivity index (χ1n) is 13.3. The molecular weight excluding hydrogens is 426 g/mol. The third kappa shape index (κ3) is 4.26. The molecule has 2 saturated heterocycles. The second-order valence-electron chi connectivity index (χ2n) is 11.3. The average molecular weight is 464 g/mol. The summed E-state index contributed by atoms with van der Waals surface area (Å²) >= 11 is 0. The van der Waals surface area contributed by atoms with E-state index in [9.17, 15) is 9.59 Å². The van der Waals surface area contributed by atoms with E-state index in [0.29, 0.717) is 24.5 Å². The van der Waals surface area contributed by atoms with Crippen LogP contribution in [0.5, 0.6) is 0 Å². The fourth-order valence-electron chi connectivity index (χ4n) is 6.36. The maximum absolute atomic E-state index is 13.5. The van der Waals surface area contributed by atoms with Gasteiger partial charge in [0.1, 0.15) is 0 Å². The molecule has 182 valence electrons. The van der Waals surface area contributed by atoms with E-state index < -0.39 is 0 Å². The molecular formula is C28H37N3O3. The van der Waals surface area contributed by atoms with Crippen LogP contribution in [0.25, 0.3) is 10.9 Å². The van der Waals surface area contributed by atoms with Gasteiger partial charge in [0.2, 0.25) is 5.91 Å². The zero-order chi connectivity index (χ0) is 23.4. The number of likely N-dealkylation sites (tertiary alicyclic amines) is 1. The standard InChI is InChI=1S/C28H37N3O3/c1-17(12-22-16-34-22)19-7-9-25-23(13-19)24-14-20(8-10-26(24)30(25)2)28(33)31-11-3-4-21(15-31)29-27(32)18-5-6-18/h8,10,14,17-19,21-22H,3-7,9,11-13,15-16H2,1-2H3,(H,29,32). The molecule has 3 heterocycles. The van der Waals surface area contributed by atoms with E-state index in [1.165, 1.54) is 35.0 Å². The van der Waals surface area contributed by atoms with Crippen molar-refractivity contribution in [2.45, 2.75) is 70.4 Å². The van der Waals surface area contributed by atoms with Gasteiger partial charge in [0.15, 0.2) is 0 Å². The summed E-state index contributed by atoms with van der Waals surface area (Å²) < 4.78 is 7.83. The number of epoxide rings is 1. The Hall–Kier alpha value is -2.34. The summed E-state index contributed by atoms with van der Waals surface area (Å²) in [6.07, 6.45) is 9.01. The molecule has 1 aromatic heterocycles. The quantitative estimate of drug-likeness (QED) is 0.662. The normalized spacial score (nSPS) is 27.4. The van der Waals surface area contributed by atoms with E-state index in [0.717, 1.165) is 57.2 Å². The minimum Gasteiger partial charge on any atom is -0.373 e. The van der Waals surface area contributed by atoms with Crippen LogP contribution in [0.15, 0.2) is 18.2 Å². The highest BCUT2D eigenvalue weighted by Crippen LogP contribution is 2.39. The number of nitrogens with zero attached hydrogens (tertiary/aromatic N) is 2. The third-order valence-corrected chi connectivity index (χ3v) is 8.75. The monoisotopic (exact) mass is 463 g/mol. The summed E-state index contributed by atoms with van der Waals surface area (Å²) in [7, 11) is 2.17. The Morgan fingerprint density at radius 2 is 2.03 bits per heavy atom. The van der Waals surface area contributed by atoms with E-state index in [1.54, 1.807) is 0 Å². The predicted molar refractivity (Wildman–Crippen MR) is 132 cm³/mol. The summed E-state index contributed by atoms with van der Waals surface area (Å²) in [5, 5.41) is 4.43. The number of aromatic nitrogens is 1. The van der Waals surface area contributed by atoms with Crippen LogP contribution in [0.3, 0.4) is 0 Å². The van der Waals surface area contributed by atoms with Gasteiger partial charge in [-0.1, -0.05) is 6.92 Å². The molecule has 34 heavy (non-hydrogen) atoms. The third-order valence-electron chi connectivity index (χ3n) is 8.75. The molecule has 2 aliphatic carbocycles. The van der Waals surface area contributed by atoms with Gasteiger partial charge >= 0.3 is 0 Å². The molecule has 0 bridgehead atoms. The Bertz CT molecular complexity index is 1110. The first-order valence-corrected chi connectivity index (χ1v) is 13.3. The number of hydrogen-bond acceptors (Lipinski definition) is 3. The fourth-order valence-corrected chi connectivity index (χ4v) is 6.36. The average Bonchev–Trinajstić information content (AvgIpc) is 3.78. The van der Waals surface area contributed by atoms with Gasteiger partial charge in [0, 0.05) is 54.3 Å². The molecule has 1 aromatic carbocycles. The lowest BCUT2D eigenvalue weighted by atomic mass is 9.77. The molecule has 1 N–H and O–H groups in total. The van der Waals surface area contributed by atoms with Gasteiger partial charge in [0.25, 0.3) is 5.91 Å². The summed E-state index contributed by atoms with van der Waals surface area (Å²) in [4.78, 5) is 27.7. The molecule has 6 heteroatoms. The number of hydrogen-bond donors (Lipinski definition) is 1. The van der Waals surface area contributed by atoms with Gasteiger partial charge in [0.05, 0.1) is 12.7 Å². The second kappa shape index (κ2) is 8.71. The van der Waals surface area contributed by atoms with Crippen LogP contribution in [-0.2, 0) is 29.4 Å². The van der Waals surface area contributed by atoms with Gasteiger partial charge in [-0.15, -0.1) is 0 Å². The summed E-state index contributed by atoms with van der Waals surface area (Å²) in [6.45, 7) is 4.70. The molecule has 2 aliphatic heterocycles. The molecule has 6 rings (SSSR count). The van der Waals surface area contributed by atoms with Crippen molar-refractivity contribution in [3.8, 4) is 0 Å². The molecule has 4 unspecified atom stereocenters. The molecule has 0 spiro atoms. The predicted octanol–water partition coefficient (Wildman–Crippen LogP) is 3.84. The molecule has 2 aromatic rings. The Labute approximate surface area is 202 Å². The number of carbonyl (C=O) groups excluding carboxylic acids is 2. The van der Waals surface area contributed by atoms with Crippen molar-refractivity contribution in [3.05, 3.63) is 35.0 Å². The van der Waals surface area contributed by atoms with Gasteiger partial charge in [-0.3, -0.25) is 9.59 Å². The Morgan fingerprint density at radius 1 is 1.21 bits per heavy atom. The van der Waals surface area contributed by atoms with E-state index in [2.05, 4.69) is 36.0 Å². The van der Waals surface area contributed by atoms with Crippen LogP contribution in [0.1, 0.15) is 67.1 Å². The fraction of sp³-hybridized carbons (Fsp3) is 0.643. The Balaban J connectivity index is 1.21. The zero-order valence-electron chi connectivity index (χ0n) is 20.5. The topological polar surface area (TPSA) is 66.9 Å². The van der Waals surface area contributed by atoms with Crippen molar-refractivity contribution in [2.24, 2.45) is 24.8 Å². The minimum atomic E-state index is 0.0803. The summed E-state index contributed by atoms with van der Waals surface area (Å²) in [5.41, 5.74) is 4.89.